The van der Waals surface area contributed by atoms with Gasteiger partial charge in [-0.15, -0.1) is 11.3 Å². The van der Waals surface area contributed by atoms with Crippen molar-refractivity contribution in [1.29, 1.82) is 0 Å². The molecule has 0 spiro atoms. The first kappa shape index (κ1) is 18.4. The Labute approximate surface area is 161 Å². The fraction of sp³-hybridized carbons (Fsp3) is 0.619. The molecule has 0 bridgehead atoms. The van der Waals surface area contributed by atoms with Gasteiger partial charge in [0.1, 0.15) is 0 Å². The van der Waals surface area contributed by atoms with E-state index in [1.165, 1.54) is 46.7 Å². The summed E-state index contributed by atoms with van der Waals surface area (Å²) >= 11 is 1.91. The van der Waals surface area contributed by atoms with Crippen molar-refractivity contribution < 1.29 is 5.11 Å². The van der Waals surface area contributed by atoms with Crippen LogP contribution in [-0.2, 0) is 6.54 Å². The lowest BCUT2D eigenvalue weighted by Gasteiger charge is -2.34. The van der Waals surface area contributed by atoms with Crippen LogP contribution >= 0.6 is 11.3 Å². The molecule has 1 aromatic carbocycles. The predicted molar refractivity (Wildman–Crippen MR) is 110 cm³/mol. The molecule has 1 N–H and O–H groups in total. The lowest BCUT2D eigenvalue weighted by atomic mass is 9.96. The third-order valence-electron chi connectivity index (χ3n) is 6.26. The number of thiophene rings is 1. The van der Waals surface area contributed by atoms with Crippen LogP contribution < -0.4 is 0 Å². The van der Waals surface area contributed by atoms with E-state index >= 15 is 0 Å². The molecular weight excluding hydrogens is 342 g/mol. The molecular formula is C21H31N3OS. The van der Waals surface area contributed by atoms with E-state index in [0.717, 1.165) is 26.2 Å². The van der Waals surface area contributed by atoms with Gasteiger partial charge in [-0.2, -0.15) is 0 Å². The Morgan fingerprint density at radius 3 is 2.54 bits per heavy atom. The summed E-state index contributed by atoms with van der Waals surface area (Å²) in [5.74, 6) is 1.01. The molecule has 2 saturated heterocycles. The number of benzene rings is 1. The first-order valence-corrected chi connectivity index (χ1v) is 10.7. The molecule has 2 aliphatic rings. The average Bonchev–Trinajstić information content (AvgIpc) is 3.18. The highest BCUT2D eigenvalue weighted by atomic mass is 32.1. The predicted octanol–water partition coefficient (Wildman–Crippen LogP) is 2.50. The number of nitrogens with zero attached hydrogens (tertiary/aromatic N) is 3. The average molecular weight is 374 g/mol. The fourth-order valence-electron chi connectivity index (χ4n) is 4.58. The van der Waals surface area contributed by atoms with Gasteiger partial charge in [-0.1, -0.05) is 18.2 Å². The Bertz CT molecular complexity index is 738. The Hall–Kier alpha value is -0.980. The molecule has 1 aromatic heterocycles. The second kappa shape index (κ2) is 7.95. The van der Waals surface area contributed by atoms with Gasteiger partial charge in [-0.3, -0.25) is 4.90 Å². The van der Waals surface area contributed by atoms with Gasteiger partial charge in [0.15, 0.2) is 0 Å². The minimum Gasteiger partial charge on any atom is -0.396 e. The fourth-order valence-corrected chi connectivity index (χ4v) is 5.66. The van der Waals surface area contributed by atoms with Gasteiger partial charge < -0.3 is 14.9 Å². The van der Waals surface area contributed by atoms with Crippen LogP contribution in [0.4, 0.5) is 0 Å². The lowest BCUT2D eigenvalue weighted by molar-refractivity contribution is 0.116. The normalized spacial score (nSPS) is 26.1. The summed E-state index contributed by atoms with van der Waals surface area (Å²) < 4.78 is 1.40. The molecule has 2 aromatic rings. The summed E-state index contributed by atoms with van der Waals surface area (Å²) in [5.41, 5.74) is 1.49. The number of hydrogen-bond donors (Lipinski definition) is 1. The SMILES string of the molecule is Cc1sc2ccccc2c1CN1C[C@@H](CN2CCN(C)CC2)[C@@H](CO)C1. The summed E-state index contributed by atoms with van der Waals surface area (Å²) in [5, 5.41) is 11.3. The number of likely N-dealkylation sites (tertiary alicyclic amines) is 1. The summed E-state index contributed by atoms with van der Waals surface area (Å²) in [7, 11) is 2.21. The molecule has 5 heteroatoms. The van der Waals surface area contributed by atoms with Crippen LogP contribution in [0.3, 0.4) is 0 Å². The molecule has 0 saturated carbocycles. The first-order chi connectivity index (χ1) is 12.6. The van der Waals surface area contributed by atoms with Crippen molar-refractivity contribution in [2.24, 2.45) is 11.8 Å². The standard InChI is InChI=1S/C21H31N3OS/c1-16-20(19-5-3-4-6-21(19)26-16)14-24-12-17(18(13-24)15-25)11-23-9-7-22(2)8-10-23/h3-6,17-18,25H,7-15H2,1-2H3/t17-,18-/m1/s1. The molecule has 4 rings (SSSR count). The Morgan fingerprint density at radius 1 is 1.04 bits per heavy atom. The first-order valence-electron chi connectivity index (χ1n) is 9.85. The van der Waals surface area contributed by atoms with Crippen LogP contribution in [0.2, 0.25) is 0 Å². The van der Waals surface area contributed by atoms with Crippen LogP contribution in [-0.4, -0.2) is 79.3 Å². The second-order valence-corrected chi connectivity index (χ2v) is 9.39. The number of aliphatic hydroxyl groups is 1. The Morgan fingerprint density at radius 2 is 1.77 bits per heavy atom. The monoisotopic (exact) mass is 373 g/mol. The van der Waals surface area contributed by atoms with Crippen molar-refractivity contribution in [2.75, 3.05) is 59.5 Å². The molecule has 0 radical (unpaired) electrons. The molecule has 0 amide bonds. The third-order valence-corrected chi connectivity index (χ3v) is 7.39. The maximum absolute atomic E-state index is 9.93. The topological polar surface area (TPSA) is 30.0 Å². The molecule has 4 nitrogen and oxygen atoms in total. The molecule has 142 valence electrons. The number of hydrogen-bond acceptors (Lipinski definition) is 5. The number of fused-ring (bicyclic) bond motifs is 1. The van der Waals surface area contributed by atoms with Gasteiger partial charge in [0.25, 0.3) is 0 Å². The smallest absolute Gasteiger partial charge is 0.0475 e. The highest BCUT2D eigenvalue weighted by Crippen LogP contribution is 2.33. The van der Waals surface area contributed by atoms with Gasteiger partial charge >= 0.3 is 0 Å². The largest absolute Gasteiger partial charge is 0.396 e. The van der Waals surface area contributed by atoms with E-state index in [-0.39, 0.29) is 0 Å². The summed E-state index contributed by atoms with van der Waals surface area (Å²) in [6, 6.07) is 8.77. The molecule has 0 unspecified atom stereocenters. The van der Waals surface area contributed by atoms with Crippen molar-refractivity contribution in [2.45, 2.75) is 13.5 Å². The number of aryl methyl sites for hydroxylation is 1. The molecule has 3 heterocycles. The van der Waals surface area contributed by atoms with Crippen LogP contribution in [0.5, 0.6) is 0 Å². The Kier molecular flexibility index (Phi) is 5.62. The lowest BCUT2D eigenvalue weighted by Crippen LogP contribution is -2.47. The van der Waals surface area contributed by atoms with E-state index in [2.05, 4.69) is 52.9 Å². The molecule has 26 heavy (non-hydrogen) atoms. The highest BCUT2D eigenvalue weighted by molar-refractivity contribution is 7.19. The molecule has 2 aliphatic heterocycles. The zero-order valence-corrected chi connectivity index (χ0v) is 16.8. The Balaban J connectivity index is 1.42. The van der Waals surface area contributed by atoms with Crippen molar-refractivity contribution in [3.05, 3.63) is 34.7 Å². The molecule has 2 atom stereocenters. The summed E-state index contributed by atoms with van der Waals surface area (Å²) in [4.78, 5) is 9.02. The minimum atomic E-state index is 0.318. The number of aliphatic hydroxyl groups excluding tert-OH is 1. The molecule has 2 fully saturated rings. The van der Waals surface area contributed by atoms with Gasteiger partial charge in [-0.05, 0) is 42.8 Å². The summed E-state index contributed by atoms with van der Waals surface area (Å²) in [6.07, 6.45) is 0. The zero-order chi connectivity index (χ0) is 18.1. The number of likely N-dealkylation sites (N-methyl/N-ethyl adjacent to an activating group) is 1. The van der Waals surface area contributed by atoms with Gasteiger partial charge in [-0.25, -0.2) is 0 Å². The van der Waals surface area contributed by atoms with Crippen molar-refractivity contribution in [3.63, 3.8) is 0 Å². The van der Waals surface area contributed by atoms with E-state index in [9.17, 15) is 5.11 Å². The van der Waals surface area contributed by atoms with Crippen molar-refractivity contribution in [1.82, 2.24) is 14.7 Å². The van der Waals surface area contributed by atoms with E-state index in [4.69, 9.17) is 0 Å². The van der Waals surface area contributed by atoms with E-state index in [1.54, 1.807) is 0 Å². The van der Waals surface area contributed by atoms with Crippen LogP contribution in [0.15, 0.2) is 24.3 Å². The van der Waals surface area contributed by atoms with Crippen LogP contribution in [0.25, 0.3) is 10.1 Å². The quantitative estimate of drug-likeness (QED) is 0.872. The number of piperazine rings is 1. The van der Waals surface area contributed by atoms with E-state index < -0.39 is 0 Å². The van der Waals surface area contributed by atoms with Gasteiger partial charge in [0.2, 0.25) is 0 Å². The van der Waals surface area contributed by atoms with Crippen LogP contribution in [0, 0.1) is 18.8 Å². The zero-order valence-electron chi connectivity index (χ0n) is 16.0. The molecule has 0 aliphatic carbocycles. The van der Waals surface area contributed by atoms with E-state index in [1.807, 2.05) is 11.3 Å². The van der Waals surface area contributed by atoms with Crippen molar-refractivity contribution in [3.8, 4) is 0 Å². The minimum absolute atomic E-state index is 0.318. The van der Waals surface area contributed by atoms with Gasteiger partial charge in [0.05, 0.1) is 0 Å². The van der Waals surface area contributed by atoms with Gasteiger partial charge in [0, 0.05) is 68.5 Å². The third kappa shape index (κ3) is 3.82. The maximum Gasteiger partial charge on any atom is 0.0475 e. The van der Waals surface area contributed by atoms with E-state index in [0.29, 0.717) is 18.4 Å². The highest BCUT2D eigenvalue weighted by Gasteiger charge is 2.34. The van der Waals surface area contributed by atoms with Crippen LogP contribution in [0.1, 0.15) is 10.4 Å². The van der Waals surface area contributed by atoms with Crippen molar-refractivity contribution >= 4 is 21.4 Å². The number of rotatable bonds is 5. The maximum atomic E-state index is 9.93. The second-order valence-electron chi connectivity index (χ2n) is 8.13. The summed E-state index contributed by atoms with van der Waals surface area (Å²) in [6.45, 7) is 11.5.